The van der Waals surface area contributed by atoms with Gasteiger partial charge in [-0.2, -0.15) is 0 Å². The van der Waals surface area contributed by atoms with Gasteiger partial charge in [-0.05, 0) is 18.6 Å². The Morgan fingerprint density at radius 1 is 1.32 bits per heavy atom. The summed E-state index contributed by atoms with van der Waals surface area (Å²) in [4.78, 5) is 9.02. The Morgan fingerprint density at radius 2 is 2.11 bits per heavy atom. The van der Waals surface area contributed by atoms with Gasteiger partial charge in [-0.3, -0.25) is 4.57 Å². The Morgan fingerprint density at radius 3 is 2.74 bits per heavy atom. The fraction of sp³-hybridized carbons (Fsp3) is 0.467. The molecule has 2 rings (SSSR count). The van der Waals surface area contributed by atoms with Crippen molar-refractivity contribution in [3.8, 4) is 5.82 Å². The van der Waals surface area contributed by atoms with Crippen molar-refractivity contribution in [1.29, 1.82) is 0 Å². The average molecular weight is 258 g/mol. The number of nitrogens with one attached hydrogen (secondary N) is 1. The number of rotatable bonds is 5. The average Bonchev–Trinajstić information content (AvgIpc) is 2.85. The highest BCUT2D eigenvalue weighted by atomic mass is 15.1. The topological polar surface area (TPSA) is 42.7 Å². The van der Waals surface area contributed by atoms with Gasteiger partial charge in [-0.25, -0.2) is 9.97 Å². The summed E-state index contributed by atoms with van der Waals surface area (Å²) in [5, 5.41) is 3.42. The fourth-order valence-corrected chi connectivity index (χ4v) is 2.02. The molecule has 0 unspecified atom stereocenters. The van der Waals surface area contributed by atoms with Gasteiger partial charge in [0.05, 0.1) is 0 Å². The minimum absolute atomic E-state index is 0.486. The number of nitrogens with zero attached hydrogens (tertiary/aromatic N) is 3. The zero-order valence-electron chi connectivity index (χ0n) is 12.1. The summed E-state index contributed by atoms with van der Waals surface area (Å²) in [5.41, 5.74) is 2.32. The van der Waals surface area contributed by atoms with Crippen molar-refractivity contribution in [2.24, 2.45) is 0 Å². The quantitative estimate of drug-likeness (QED) is 0.896. The largest absolute Gasteiger partial charge is 0.310 e. The first-order valence-electron chi connectivity index (χ1n) is 6.84. The Hall–Kier alpha value is -1.68. The second-order valence-electron chi connectivity index (χ2n) is 5.02. The van der Waals surface area contributed by atoms with Crippen LogP contribution in [0, 0.1) is 6.92 Å². The third kappa shape index (κ3) is 3.20. The SMILES string of the molecule is CCc1nccn1-c1ccc(CNC(C)C)c(C)n1. The minimum atomic E-state index is 0.486. The number of hydrogen-bond donors (Lipinski definition) is 1. The summed E-state index contributed by atoms with van der Waals surface area (Å²) in [6, 6.07) is 4.69. The van der Waals surface area contributed by atoms with Gasteiger partial charge < -0.3 is 5.32 Å². The molecule has 0 radical (unpaired) electrons. The molecule has 0 atom stereocenters. The summed E-state index contributed by atoms with van der Waals surface area (Å²) in [7, 11) is 0. The smallest absolute Gasteiger partial charge is 0.138 e. The van der Waals surface area contributed by atoms with Crippen molar-refractivity contribution >= 4 is 0 Å². The van der Waals surface area contributed by atoms with E-state index in [-0.39, 0.29) is 0 Å². The van der Waals surface area contributed by atoms with Crippen LogP contribution in [0.5, 0.6) is 0 Å². The van der Waals surface area contributed by atoms with E-state index >= 15 is 0 Å². The normalized spacial score (nSPS) is 11.2. The highest BCUT2D eigenvalue weighted by molar-refractivity contribution is 5.31. The molecule has 0 bridgehead atoms. The lowest BCUT2D eigenvalue weighted by Gasteiger charge is -2.12. The van der Waals surface area contributed by atoms with Crippen molar-refractivity contribution in [2.75, 3.05) is 0 Å². The molecular formula is C15H22N4. The molecule has 0 aromatic carbocycles. The molecule has 2 aromatic heterocycles. The molecule has 4 heteroatoms. The second kappa shape index (κ2) is 5.97. The fourth-order valence-electron chi connectivity index (χ4n) is 2.02. The van der Waals surface area contributed by atoms with Crippen LogP contribution in [0.15, 0.2) is 24.5 Å². The molecule has 102 valence electrons. The molecule has 0 saturated carbocycles. The molecule has 2 heterocycles. The lowest BCUT2D eigenvalue weighted by molar-refractivity contribution is 0.586. The van der Waals surface area contributed by atoms with E-state index in [2.05, 4.69) is 55.1 Å². The van der Waals surface area contributed by atoms with Gasteiger partial charge in [0.1, 0.15) is 11.6 Å². The molecule has 0 aliphatic carbocycles. The molecule has 0 aliphatic heterocycles. The van der Waals surface area contributed by atoms with Crippen LogP contribution in [0.3, 0.4) is 0 Å². The number of aromatic nitrogens is 3. The van der Waals surface area contributed by atoms with Crippen molar-refractivity contribution in [3.05, 3.63) is 41.6 Å². The number of pyridine rings is 1. The first-order valence-corrected chi connectivity index (χ1v) is 6.84. The van der Waals surface area contributed by atoms with Crippen LogP contribution in [0.4, 0.5) is 0 Å². The standard InChI is InChI=1S/C15H22N4/c1-5-14-16-8-9-19(14)15-7-6-13(12(4)18-15)10-17-11(2)3/h6-9,11,17H,5,10H2,1-4H3. The van der Waals surface area contributed by atoms with Crippen LogP contribution in [-0.2, 0) is 13.0 Å². The highest BCUT2D eigenvalue weighted by Gasteiger charge is 2.07. The summed E-state index contributed by atoms with van der Waals surface area (Å²) in [6.45, 7) is 9.32. The second-order valence-corrected chi connectivity index (χ2v) is 5.02. The maximum Gasteiger partial charge on any atom is 0.138 e. The third-order valence-corrected chi connectivity index (χ3v) is 3.16. The molecule has 2 aromatic rings. The maximum absolute atomic E-state index is 4.69. The van der Waals surface area contributed by atoms with E-state index in [4.69, 9.17) is 0 Å². The third-order valence-electron chi connectivity index (χ3n) is 3.16. The van der Waals surface area contributed by atoms with Crippen LogP contribution in [-0.4, -0.2) is 20.6 Å². The predicted molar refractivity (Wildman–Crippen MR) is 77.4 cm³/mol. The summed E-state index contributed by atoms with van der Waals surface area (Å²) < 4.78 is 2.05. The van der Waals surface area contributed by atoms with Gasteiger partial charge in [-0.1, -0.05) is 26.8 Å². The molecule has 0 spiro atoms. The van der Waals surface area contributed by atoms with Gasteiger partial charge in [-0.15, -0.1) is 0 Å². The van der Waals surface area contributed by atoms with Crippen LogP contribution < -0.4 is 5.32 Å². The lowest BCUT2D eigenvalue weighted by Crippen LogP contribution is -2.22. The Labute approximate surface area is 114 Å². The van der Waals surface area contributed by atoms with Gasteiger partial charge in [0.15, 0.2) is 0 Å². The van der Waals surface area contributed by atoms with Crippen LogP contribution in [0.1, 0.15) is 37.9 Å². The molecule has 4 nitrogen and oxygen atoms in total. The highest BCUT2D eigenvalue weighted by Crippen LogP contribution is 2.13. The zero-order chi connectivity index (χ0) is 13.8. The van der Waals surface area contributed by atoms with Crippen molar-refractivity contribution in [2.45, 2.75) is 46.7 Å². The van der Waals surface area contributed by atoms with E-state index in [1.54, 1.807) is 0 Å². The Bertz CT molecular complexity index is 543. The van der Waals surface area contributed by atoms with Gasteiger partial charge in [0.2, 0.25) is 0 Å². The first-order chi connectivity index (χ1) is 9.11. The molecule has 0 saturated heterocycles. The monoisotopic (exact) mass is 258 g/mol. The van der Waals surface area contributed by atoms with E-state index in [1.165, 1.54) is 5.56 Å². The molecular weight excluding hydrogens is 236 g/mol. The summed E-state index contributed by atoms with van der Waals surface area (Å²) in [6.07, 6.45) is 4.70. The van der Waals surface area contributed by atoms with Gasteiger partial charge >= 0.3 is 0 Å². The maximum atomic E-state index is 4.69. The first kappa shape index (κ1) is 13.7. The molecule has 0 amide bonds. The van der Waals surface area contributed by atoms with Crippen molar-refractivity contribution in [1.82, 2.24) is 19.9 Å². The van der Waals surface area contributed by atoms with E-state index in [1.807, 2.05) is 17.0 Å². The van der Waals surface area contributed by atoms with Crippen molar-refractivity contribution < 1.29 is 0 Å². The number of aryl methyl sites for hydroxylation is 2. The number of imidazole rings is 1. The summed E-state index contributed by atoms with van der Waals surface area (Å²) >= 11 is 0. The summed E-state index contributed by atoms with van der Waals surface area (Å²) in [5.74, 6) is 1.99. The Kier molecular flexibility index (Phi) is 4.32. The molecule has 19 heavy (non-hydrogen) atoms. The number of hydrogen-bond acceptors (Lipinski definition) is 3. The van der Waals surface area contributed by atoms with Crippen LogP contribution in [0.25, 0.3) is 5.82 Å². The lowest BCUT2D eigenvalue weighted by atomic mass is 10.2. The van der Waals surface area contributed by atoms with Gasteiger partial charge in [0.25, 0.3) is 0 Å². The van der Waals surface area contributed by atoms with E-state index in [9.17, 15) is 0 Å². The Balaban J connectivity index is 2.23. The zero-order valence-corrected chi connectivity index (χ0v) is 12.1. The molecule has 1 N–H and O–H groups in total. The van der Waals surface area contributed by atoms with E-state index < -0.39 is 0 Å². The van der Waals surface area contributed by atoms with E-state index in [0.717, 1.165) is 30.3 Å². The van der Waals surface area contributed by atoms with Crippen molar-refractivity contribution in [3.63, 3.8) is 0 Å². The molecule has 0 fully saturated rings. The van der Waals surface area contributed by atoms with Gasteiger partial charge in [0, 0.05) is 37.1 Å². The predicted octanol–water partition coefficient (Wildman–Crippen LogP) is 2.64. The van der Waals surface area contributed by atoms with Crippen LogP contribution >= 0.6 is 0 Å². The minimum Gasteiger partial charge on any atom is -0.310 e. The van der Waals surface area contributed by atoms with Crippen LogP contribution in [0.2, 0.25) is 0 Å². The van der Waals surface area contributed by atoms with E-state index in [0.29, 0.717) is 6.04 Å². The molecule has 0 aliphatic rings.